The van der Waals surface area contributed by atoms with Crippen molar-refractivity contribution in [3.8, 4) is 0 Å². The Balaban J connectivity index is 2.29. The Bertz CT molecular complexity index is 520. The van der Waals surface area contributed by atoms with Crippen LogP contribution in [0, 0.1) is 5.92 Å². The predicted octanol–water partition coefficient (Wildman–Crippen LogP) is 2.83. The molecule has 16 heavy (non-hydrogen) atoms. The molecule has 1 amide bonds. The summed E-state index contributed by atoms with van der Waals surface area (Å²) < 4.78 is 0. The van der Waals surface area contributed by atoms with E-state index in [1.807, 2.05) is 44.3 Å². The number of nitrogens with one attached hydrogen (secondary N) is 1. The van der Waals surface area contributed by atoms with Crippen molar-refractivity contribution in [3.05, 3.63) is 36.7 Å². The Labute approximate surface area is 94.5 Å². The van der Waals surface area contributed by atoms with Crippen LogP contribution in [-0.2, 0) is 4.79 Å². The Morgan fingerprint density at radius 2 is 2.06 bits per heavy atom. The van der Waals surface area contributed by atoms with Crippen LogP contribution in [0.25, 0.3) is 10.8 Å². The maximum absolute atomic E-state index is 11.5. The lowest BCUT2D eigenvalue weighted by molar-refractivity contribution is -0.118. The maximum Gasteiger partial charge on any atom is 0.226 e. The fraction of sp³-hybridized carbons (Fsp3) is 0.231. The molecular weight excluding hydrogens is 200 g/mol. The largest absolute Gasteiger partial charge is 0.326 e. The molecule has 0 aliphatic carbocycles. The topological polar surface area (TPSA) is 42.0 Å². The predicted molar refractivity (Wildman–Crippen MR) is 65.2 cm³/mol. The van der Waals surface area contributed by atoms with Crippen molar-refractivity contribution in [2.75, 3.05) is 5.32 Å². The number of hydrogen-bond acceptors (Lipinski definition) is 2. The minimum atomic E-state index is -0.00635. The number of carbonyl (C=O) groups is 1. The molecule has 0 atom stereocenters. The SMILES string of the molecule is CC(C)C(=O)Nc1ccc2cnccc2c1. The number of benzene rings is 1. The molecule has 1 aromatic carbocycles. The number of aromatic nitrogens is 1. The third-order valence-corrected chi connectivity index (χ3v) is 2.43. The lowest BCUT2D eigenvalue weighted by atomic mass is 10.1. The summed E-state index contributed by atoms with van der Waals surface area (Å²) >= 11 is 0. The normalized spacial score (nSPS) is 10.7. The van der Waals surface area contributed by atoms with Gasteiger partial charge in [-0.3, -0.25) is 9.78 Å². The van der Waals surface area contributed by atoms with Crippen LogP contribution in [-0.4, -0.2) is 10.9 Å². The Morgan fingerprint density at radius 1 is 1.25 bits per heavy atom. The summed E-state index contributed by atoms with van der Waals surface area (Å²) in [6.07, 6.45) is 3.56. The highest BCUT2D eigenvalue weighted by Crippen LogP contribution is 2.18. The maximum atomic E-state index is 11.5. The van der Waals surface area contributed by atoms with E-state index >= 15 is 0 Å². The van der Waals surface area contributed by atoms with Gasteiger partial charge in [-0.05, 0) is 23.6 Å². The van der Waals surface area contributed by atoms with E-state index in [9.17, 15) is 4.79 Å². The molecule has 0 spiro atoms. The van der Waals surface area contributed by atoms with Crippen molar-refractivity contribution in [1.29, 1.82) is 0 Å². The second kappa shape index (κ2) is 4.31. The van der Waals surface area contributed by atoms with E-state index in [-0.39, 0.29) is 11.8 Å². The molecule has 1 N–H and O–H groups in total. The van der Waals surface area contributed by atoms with E-state index < -0.39 is 0 Å². The van der Waals surface area contributed by atoms with Crippen LogP contribution in [0.15, 0.2) is 36.7 Å². The molecule has 1 aromatic heterocycles. The standard InChI is InChI=1S/C13H14N2O/c1-9(2)13(16)15-12-4-3-11-8-14-6-5-10(11)7-12/h3-9H,1-2H3,(H,15,16). The lowest BCUT2D eigenvalue weighted by Gasteiger charge is -2.08. The van der Waals surface area contributed by atoms with Crippen molar-refractivity contribution in [3.63, 3.8) is 0 Å². The monoisotopic (exact) mass is 214 g/mol. The molecule has 0 bridgehead atoms. The van der Waals surface area contributed by atoms with Crippen LogP contribution < -0.4 is 5.32 Å². The molecule has 0 saturated heterocycles. The van der Waals surface area contributed by atoms with Gasteiger partial charge in [0.15, 0.2) is 0 Å². The van der Waals surface area contributed by atoms with Gasteiger partial charge in [0, 0.05) is 29.4 Å². The van der Waals surface area contributed by atoms with E-state index in [1.54, 1.807) is 6.20 Å². The average molecular weight is 214 g/mol. The first-order valence-corrected chi connectivity index (χ1v) is 5.31. The molecule has 0 fully saturated rings. The van der Waals surface area contributed by atoms with E-state index in [1.165, 1.54) is 0 Å². The van der Waals surface area contributed by atoms with Crippen LogP contribution in [0.2, 0.25) is 0 Å². The Morgan fingerprint density at radius 3 is 2.81 bits per heavy atom. The van der Waals surface area contributed by atoms with Crippen LogP contribution in [0.4, 0.5) is 5.69 Å². The van der Waals surface area contributed by atoms with Crippen molar-refractivity contribution in [2.24, 2.45) is 5.92 Å². The zero-order valence-corrected chi connectivity index (χ0v) is 9.40. The van der Waals surface area contributed by atoms with Crippen molar-refractivity contribution < 1.29 is 4.79 Å². The van der Waals surface area contributed by atoms with Gasteiger partial charge in [-0.2, -0.15) is 0 Å². The summed E-state index contributed by atoms with van der Waals surface area (Å²) in [6, 6.07) is 7.74. The van der Waals surface area contributed by atoms with Gasteiger partial charge in [0.1, 0.15) is 0 Å². The van der Waals surface area contributed by atoms with Gasteiger partial charge < -0.3 is 5.32 Å². The smallest absolute Gasteiger partial charge is 0.226 e. The second-order valence-electron chi connectivity index (χ2n) is 4.08. The van der Waals surface area contributed by atoms with Gasteiger partial charge in [0.05, 0.1) is 0 Å². The first-order chi connectivity index (χ1) is 7.66. The van der Waals surface area contributed by atoms with Crippen molar-refractivity contribution in [2.45, 2.75) is 13.8 Å². The minimum absolute atomic E-state index is 0.00635. The highest BCUT2D eigenvalue weighted by molar-refractivity contribution is 5.95. The number of rotatable bonds is 2. The van der Waals surface area contributed by atoms with Gasteiger partial charge in [-0.15, -0.1) is 0 Å². The molecule has 0 saturated carbocycles. The molecule has 1 heterocycles. The van der Waals surface area contributed by atoms with Gasteiger partial charge >= 0.3 is 0 Å². The second-order valence-corrected chi connectivity index (χ2v) is 4.08. The molecule has 0 aliphatic heterocycles. The van der Waals surface area contributed by atoms with Crippen molar-refractivity contribution >= 4 is 22.4 Å². The van der Waals surface area contributed by atoms with Crippen LogP contribution >= 0.6 is 0 Å². The minimum Gasteiger partial charge on any atom is -0.326 e. The molecule has 2 rings (SSSR count). The summed E-state index contributed by atoms with van der Waals surface area (Å²) in [7, 11) is 0. The Hall–Kier alpha value is -1.90. The molecule has 2 aromatic rings. The molecule has 0 unspecified atom stereocenters. The zero-order chi connectivity index (χ0) is 11.5. The molecule has 0 aliphatic rings. The van der Waals surface area contributed by atoms with Gasteiger partial charge in [0.2, 0.25) is 5.91 Å². The third kappa shape index (κ3) is 2.19. The van der Waals surface area contributed by atoms with Crippen LogP contribution in [0.3, 0.4) is 0 Å². The molecule has 3 nitrogen and oxygen atoms in total. The van der Waals surface area contributed by atoms with E-state index in [4.69, 9.17) is 0 Å². The van der Waals surface area contributed by atoms with E-state index in [0.29, 0.717) is 0 Å². The van der Waals surface area contributed by atoms with E-state index in [0.717, 1.165) is 16.5 Å². The first kappa shape index (κ1) is 10.6. The molecule has 3 heteroatoms. The average Bonchev–Trinajstić information content (AvgIpc) is 2.28. The van der Waals surface area contributed by atoms with Gasteiger partial charge in [0.25, 0.3) is 0 Å². The van der Waals surface area contributed by atoms with E-state index in [2.05, 4.69) is 10.3 Å². The highest BCUT2D eigenvalue weighted by atomic mass is 16.1. The lowest BCUT2D eigenvalue weighted by Crippen LogP contribution is -2.17. The van der Waals surface area contributed by atoms with Crippen LogP contribution in [0.5, 0.6) is 0 Å². The van der Waals surface area contributed by atoms with Crippen LogP contribution in [0.1, 0.15) is 13.8 Å². The summed E-state index contributed by atoms with van der Waals surface area (Å²) in [5.74, 6) is 0.0292. The summed E-state index contributed by atoms with van der Waals surface area (Å²) in [5.41, 5.74) is 0.831. The quantitative estimate of drug-likeness (QED) is 0.835. The molecular formula is C13H14N2O. The third-order valence-electron chi connectivity index (χ3n) is 2.43. The number of nitrogens with zero attached hydrogens (tertiary/aromatic N) is 1. The fourth-order valence-corrected chi connectivity index (χ4v) is 1.45. The number of fused-ring (bicyclic) bond motifs is 1. The highest BCUT2D eigenvalue weighted by Gasteiger charge is 2.06. The zero-order valence-electron chi connectivity index (χ0n) is 9.40. The number of amides is 1. The number of anilines is 1. The summed E-state index contributed by atoms with van der Waals surface area (Å²) in [6.45, 7) is 3.75. The van der Waals surface area contributed by atoms with Gasteiger partial charge in [-0.25, -0.2) is 0 Å². The Kier molecular flexibility index (Phi) is 2.86. The first-order valence-electron chi connectivity index (χ1n) is 5.31. The molecule has 82 valence electrons. The summed E-state index contributed by atoms with van der Waals surface area (Å²) in [5, 5.41) is 5.03. The molecule has 0 radical (unpaired) electrons. The number of pyridine rings is 1. The fourth-order valence-electron chi connectivity index (χ4n) is 1.45. The van der Waals surface area contributed by atoms with Crippen molar-refractivity contribution in [1.82, 2.24) is 4.98 Å². The number of hydrogen-bond donors (Lipinski definition) is 1. The summed E-state index contributed by atoms with van der Waals surface area (Å²) in [4.78, 5) is 15.6. The van der Waals surface area contributed by atoms with Gasteiger partial charge in [-0.1, -0.05) is 19.9 Å². The number of carbonyl (C=O) groups excluding carboxylic acids is 1.